The van der Waals surface area contributed by atoms with E-state index in [1.807, 2.05) is 0 Å². The number of carbonyl (C=O) groups is 3. The van der Waals surface area contributed by atoms with Crippen molar-refractivity contribution in [2.45, 2.75) is 12.8 Å². The van der Waals surface area contributed by atoms with E-state index in [9.17, 15) is 24.6 Å². The first-order chi connectivity index (χ1) is 11.5. The van der Waals surface area contributed by atoms with Crippen LogP contribution in [0, 0.1) is 0 Å². The van der Waals surface area contributed by atoms with Crippen LogP contribution in [0.5, 0.6) is 11.5 Å². The van der Waals surface area contributed by atoms with Crippen molar-refractivity contribution in [2.75, 3.05) is 6.61 Å². The molecule has 0 radical (unpaired) electrons. The fourth-order valence-corrected chi connectivity index (χ4v) is 2.60. The van der Waals surface area contributed by atoms with E-state index in [2.05, 4.69) is 0 Å². The molecule has 1 aliphatic rings. The summed E-state index contributed by atoms with van der Waals surface area (Å²) < 4.78 is 5.41. The molecular formula is C18H12K2O6. The molecule has 3 rings (SSSR count). The van der Waals surface area contributed by atoms with Crippen LogP contribution in [0.4, 0.5) is 0 Å². The van der Waals surface area contributed by atoms with E-state index >= 15 is 0 Å². The smallest absolute Gasteiger partial charge is 0.872 e. The fourth-order valence-electron chi connectivity index (χ4n) is 2.60. The summed E-state index contributed by atoms with van der Waals surface area (Å²) in [6, 6.07) is 8.24. The van der Waals surface area contributed by atoms with Gasteiger partial charge in [-0.15, -0.1) is 5.75 Å². The number of aliphatic carboxylic acids is 1. The predicted octanol–water partition coefficient (Wildman–Crippen LogP) is -5.55. The summed E-state index contributed by atoms with van der Waals surface area (Å²) in [4.78, 5) is 35.3. The summed E-state index contributed by atoms with van der Waals surface area (Å²) in [6.07, 6.45) is 0.161. The van der Waals surface area contributed by atoms with Crippen LogP contribution in [0.3, 0.4) is 0 Å². The van der Waals surface area contributed by atoms with Gasteiger partial charge in [-0.1, -0.05) is 18.2 Å². The second-order valence-corrected chi connectivity index (χ2v) is 5.40. The van der Waals surface area contributed by atoms with Crippen molar-refractivity contribution in [3.63, 3.8) is 0 Å². The second kappa shape index (κ2) is 10.6. The molecule has 0 saturated heterocycles. The zero-order valence-corrected chi connectivity index (χ0v) is 20.8. The molecular weight excluding hydrogens is 390 g/mol. The van der Waals surface area contributed by atoms with Crippen molar-refractivity contribution in [3.8, 4) is 11.5 Å². The maximum Gasteiger partial charge on any atom is 1.00 e. The van der Waals surface area contributed by atoms with Crippen LogP contribution >= 0.6 is 0 Å². The van der Waals surface area contributed by atoms with Gasteiger partial charge in [-0.2, -0.15) is 0 Å². The first-order valence-electron chi connectivity index (χ1n) is 7.34. The molecule has 2 aromatic rings. The number of rotatable bonds is 5. The van der Waals surface area contributed by atoms with E-state index in [0.29, 0.717) is 5.75 Å². The quantitative estimate of drug-likeness (QED) is 0.311. The standard InChI is InChI=1S/C18H14O6.2K/c19-10-3-5-12-14(8-10)17(22)13-6-4-11(9-15(13)18(12)23)24-7-1-2-16(20)21;;/h3-6,8-9,19H,1-2,7H2,(H,20,21);;/q;2*+1/p-2. The summed E-state index contributed by atoms with van der Waals surface area (Å²) in [5.41, 5.74) is 0.743. The van der Waals surface area contributed by atoms with Gasteiger partial charge >= 0.3 is 103 Å². The second-order valence-electron chi connectivity index (χ2n) is 5.40. The van der Waals surface area contributed by atoms with E-state index in [-0.39, 0.29) is 162 Å². The molecule has 0 aliphatic heterocycles. The number of ether oxygens (including phenoxy) is 1. The maximum absolute atomic E-state index is 12.5. The van der Waals surface area contributed by atoms with Crippen molar-refractivity contribution < 1.29 is 132 Å². The Morgan fingerprint density at radius 2 is 1.46 bits per heavy atom. The molecule has 0 amide bonds. The summed E-state index contributed by atoms with van der Waals surface area (Å²) in [5.74, 6) is -1.83. The molecule has 0 N–H and O–H groups in total. The maximum atomic E-state index is 12.5. The van der Waals surface area contributed by atoms with Gasteiger partial charge in [-0.25, -0.2) is 0 Å². The predicted molar refractivity (Wildman–Crippen MR) is 78.9 cm³/mol. The third-order valence-electron chi connectivity index (χ3n) is 3.75. The molecule has 6 nitrogen and oxygen atoms in total. The molecule has 2 aromatic carbocycles. The van der Waals surface area contributed by atoms with Crippen molar-refractivity contribution in [2.24, 2.45) is 0 Å². The third kappa shape index (κ3) is 5.34. The molecule has 122 valence electrons. The monoisotopic (exact) mass is 402 g/mol. The topological polar surface area (TPSA) is 107 Å². The van der Waals surface area contributed by atoms with Crippen molar-refractivity contribution in [1.29, 1.82) is 0 Å². The molecule has 0 atom stereocenters. The number of ketones is 2. The van der Waals surface area contributed by atoms with E-state index in [1.165, 1.54) is 36.4 Å². The minimum atomic E-state index is -1.15. The number of fused-ring (bicyclic) bond motifs is 2. The van der Waals surface area contributed by atoms with Gasteiger partial charge in [0.1, 0.15) is 5.75 Å². The van der Waals surface area contributed by atoms with Gasteiger partial charge in [-0.3, -0.25) is 9.59 Å². The Bertz CT molecular complexity index is 863. The number of hydrogen-bond donors (Lipinski definition) is 0. The van der Waals surface area contributed by atoms with Crippen molar-refractivity contribution >= 4 is 17.5 Å². The van der Waals surface area contributed by atoms with Crippen LogP contribution < -0.4 is 118 Å². The SMILES string of the molecule is O=C([O-])CCCOc1ccc2c(c1)C(=O)c1ccc([O-])cc1C2=O.[K+].[K+]. The van der Waals surface area contributed by atoms with Gasteiger partial charge in [0.05, 0.1) is 6.61 Å². The Morgan fingerprint density at radius 3 is 2.08 bits per heavy atom. The van der Waals surface area contributed by atoms with Crippen LogP contribution in [0.25, 0.3) is 0 Å². The molecule has 0 saturated carbocycles. The number of hydrogen-bond acceptors (Lipinski definition) is 6. The van der Waals surface area contributed by atoms with Crippen LogP contribution in [0.2, 0.25) is 0 Å². The molecule has 0 fully saturated rings. The van der Waals surface area contributed by atoms with Gasteiger partial charge in [0.15, 0.2) is 11.6 Å². The molecule has 0 aromatic heterocycles. The molecule has 26 heavy (non-hydrogen) atoms. The zero-order chi connectivity index (χ0) is 17.3. The summed E-state index contributed by atoms with van der Waals surface area (Å²) in [6.45, 7) is 0.158. The minimum absolute atomic E-state index is 0. The summed E-state index contributed by atoms with van der Waals surface area (Å²) in [5, 5.41) is 21.8. The van der Waals surface area contributed by atoms with Crippen molar-refractivity contribution in [3.05, 3.63) is 58.7 Å². The third-order valence-corrected chi connectivity index (χ3v) is 3.75. The van der Waals surface area contributed by atoms with E-state index in [4.69, 9.17) is 4.74 Å². The molecule has 0 spiro atoms. The van der Waals surface area contributed by atoms with Crippen LogP contribution in [-0.2, 0) is 4.79 Å². The molecule has 0 heterocycles. The average Bonchev–Trinajstić information content (AvgIpc) is 2.56. The summed E-state index contributed by atoms with van der Waals surface area (Å²) in [7, 11) is 0. The van der Waals surface area contributed by atoms with Crippen molar-refractivity contribution in [1.82, 2.24) is 0 Å². The van der Waals surface area contributed by atoms with E-state index < -0.39 is 5.97 Å². The number of benzene rings is 2. The Hall–Kier alpha value is 0.123. The largest absolute Gasteiger partial charge is 1.00 e. The molecule has 0 bridgehead atoms. The van der Waals surface area contributed by atoms with Crippen LogP contribution in [-0.4, -0.2) is 24.1 Å². The zero-order valence-electron chi connectivity index (χ0n) is 14.5. The van der Waals surface area contributed by atoms with Gasteiger partial charge in [0, 0.05) is 28.2 Å². The van der Waals surface area contributed by atoms with Crippen LogP contribution in [0.15, 0.2) is 36.4 Å². The van der Waals surface area contributed by atoms with Gasteiger partial charge in [0.25, 0.3) is 0 Å². The Morgan fingerprint density at radius 1 is 0.885 bits per heavy atom. The Kier molecular flexibility index (Phi) is 9.86. The Labute approximate surface area is 235 Å². The average molecular weight is 402 g/mol. The number of carboxylic acids is 1. The van der Waals surface area contributed by atoms with E-state index in [1.54, 1.807) is 0 Å². The first-order valence-corrected chi connectivity index (χ1v) is 7.34. The number of carboxylic acid groups (broad SMARTS) is 1. The Balaban J connectivity index is 0.00000169. The van der Waals surface area contributed by atoms with Gasteiger partial charge in [-0.05, 0) is 31.0 Å². The van der Waals surface area contributed by atoms with E-state index in [0.717, 1.165) is 0 Å². The number of carbonyl (C=O) groups excluding carboxylic acids is 3. The van der Waals surface area contributed by atoms with Gasteiger partial charge in [0.2, 0.25) is 0 Å². The normalized spacial score (nSPS) is 11.5. The van der Waals surface area contributed by atoms with Crippen LogP contribution in [0.1, 0.15) is 44.7 Å². The minimum Gasteiger partial charge on any atom is -0.872 e. The van der Waals surface area contributed by atoms with Gasteiger partial charge < -0.3 is 19.7 Å². The first kappa shape index (κ1) is 24.2. The fraction of sp³-hybridized carbons (Fsp3) is 0.167. The summed E-state index contributed by atoms with van der Waals surface area (Å²) >= 11 is 0. The molecule has 1 aliphatic carbocycles. The molecule has 0 unspecified atom stereocenters. The molecule has 8 heteroatoms.